The molecule has 0 aliphatic heterocycles. The molecule has 0 fully saturated rings. The molecule has 0 spiro atoms. The first-order chi connectivity index (χ1) is 12.1. The predicted octanol–water partition coefficient (Wildman–Crippen LogP) is 3.74. The van der Waals surface area contributed by atoms with E-state index >= 15 is 0 Å². The highest BCUT2D eigenvalue weighted by molar-refractivity contribution is 7.71. The standard InChI is InChI=1S/C17H12ClFN4OS/c18-13-4-2-1-3-10(13)7-8-22-15(24)12-9-11(19)5-6-14(12)23-16(22)20-21-17(23)25/h1-6,9H,7-8H2,(H,21,25). The Balaban J connectivity index is 1.93. The molecule has 0 amide bonds. The summed E-state index contributed by atoms with van der Waals surface area (Å²) in [7, 11) is 0. The van der Waals surface area contributed by atoms with Crippen molar-refractivity contribution in [2.75, 3.05) is 0 Å². The van der Waals surface area contributed by atoms with E-state index in [4.69, 9.17) is 23.8 Å². The van der Waals surface area contributed by atoms with Crippen molar-refractivity contribution in [3.05, 3.63) is 74.0 Å². The van der Waals surface area contributed by atoms with Crippen LogP contribution < -0.4 is 5.56 Å². The summed E-state index contributed by atoms with van der Waals surface area (Å²) in [5.74, 6) is -0.0854. The number of halogens is 2. The molecular weight excluding hydrogens is 363 g/mol. The number of aromatic nitrogens is 4. The molecule has 0 saturated carbocycles. The van der Waals surface area contributed by atoms with Gasteiger partial charge in [0.25, 0.3) is 5.56 Å². The largest absolute Gasteiger partial charge is 0.276 e. The Morgan fingerprint density at radius 1 is 1.24 bits per heavy atom. The first-order valence-electron chi connectivity index (χ1n) is 7.59. The Kier molecular flexibility index (Phi) is 3.89. The molecule has 25 heavy (non-hydrogen) atoms. The van der Waals surface area contributed by atoms with Crippen molar-refractivity contribution in [3.8, 4) is 0 Å². The van der Waals surface area contributed by atoms with E-state index in [1.807, 2.05) is 18.2 Å². The number of hydrogen-bond acceptors (Lipinski definition) is 3. The molecule has 2 aromatic heterocycles. The highest BCUT2D eigenvalue weighted by atomic mass is 35.5. The van der Waals surface area contributed by atoms with E-state index < -0.39 is 5.82 Å². The molecule has 0 atom stereocenters. The molecule has 0 aliphatic rings. The lowest BCUT2D eigenvalue weighted by atomic mass is 10.1. The second-order valence-electron chi connectivity index (χ2n) is 5.62. The SMILES string of the molecule is O=c1c2cc(F)ccc2n2c(=S)[nH]nc2n1CCc1ccccc1Cl. The van der Waals surface area contributed by atoms with Gasteiger partial charge in [0.1, 0.15) is 5.82 Å². The van der Waals surface area contributed by atoms with Crippen molar-refractivity contribution in [2.24, 2.45) is 0 Å². The van der Waals surface area contributed by atoms with Gasteiger partial charge in [-0.1, -0.05) is 29.8 Å². The molecule has 0 saturated heterocycles. The summed E-state index contributed by atoms with van der Waals surface area (Å²) in [6.45, 7) is 0.345. The fourth-order valence-electron chi connectivity index (χ4n) is 2.93. The van der Waals surface area contributed by atoms with Gasteiger partial charge < -0.3 is 0 Å². The zero-order valence-electron chi connectivity index (χ0n) is 12.9. The smallest absolute Gasteiger partial charge is 0.262 e. The molecule has 2 aromatic carbocycles. The minimum atomic E-state index is -0.475. The maximum Gasteiger partial charge on any atom is 0.262 e. The van der Waals surface area contributed by atoms with Crippen LogP contribution >= 0.6 is 23.8 Å². The third-order valence-electron chi connectivity index (χ3n) is 4.13. The van der Waals surface area contributed by atoms with Crippen LogP contribution in [-0.4, -0.2) is 19.2 Å². The Bertz CT molecular complexity index is 1230. The van der Waals surface area contributed by atoms with Crippen LogP contribution in [0.2, 0.25) is 5.02 Å². The van der Waals surface area contributed by atoms with Gasteiger partial charge in [-0.3, -0.25) is 13.8 Å². The number of hydrogen-bond donors (Lipinski definition) is 1. The van der Waals surface area contributed by atoms with E-state index in [-0.39, 0.29) is 10.9 Å². The van der Waals surface area contributed by atoms with E-state index in [1.54, 1.807) is 10.5 Å². The van der Waals surface area contributed by atoms with Crippen LogP contribution in [0.5, 0.6) is 0 Å². The molecule has 1 N–H and O–H groups in total. The van der Waals surface area contributed by atoms with Gasteiger partial charge in [-0.05, 0) is 48.5 Å². The maximum absolute atomic E-state index is 13.7. The van der Waals surface area contributed by atoms with Gasteiger partial charge in [-0.25, -0.2) is 9.49 Å². The number of rotatable bonds is 3. The molecule has 5 nitrogen and oxygen atoms in total. The van der Waals surface area contributed by atoms with Crippen LogP contribution in [0, 0.1) is 10.6 Å². The van der Waals surface area contributed by atoms with E-state index in [0.29, 0.717) is 34.1 Å². The summed E-state index contributed by atoms with van der Waals surface area (Å²) in [6.07, 6.45) is 0.537. The minimum absolute atomic E-state index is 0.254. The molecule has 2 heterocycles. The monoisotopic (exact) mass is 374 g/mol. The lowest BCUT2D eigenvalue weighted by molar-refractivity contribution is 0.628. The van der Waals surface area contributed by atoms with Crippen molar-refractivity contribution in [1.82, 2.24) is 19.2 Å². The number of fused-ring (bicyclic) bond motifs is 3. The Labute approximate surface area is 151 Å². The second-order valence-corrected chi connectivity index (χ2v) is 6.42. The first-order valence-corrected chi connectivity index (χ1v) is 8.37. The third kappa shape index (κ3) is 2.65. The molecule has 126 valence electrons. The third-order valence-corrected chi connectivity index (χ3v) is 4.78. The topological polar surface area (TPSA) is 55.1 Å². The van der Waals surface area contributed by atoms with E-state index in [0.717, 1.165) is 5.56 Å². The summed E-state index contributed by atoms with van der Waals surface area (Å²) in [6, 6.07) is 11.5. The Morgan fingerprint density at radius 3 is 2.84 bits per heavy atom. The fourth-order valence-corrected chi connectivity index (χ4v) is 3.39. The molecule has 8 heteroatoms. The predicted molar refractivity (Wildman–Crippen MR) is 97.3 cm³/mol. The Hall–Kier alpha value is -2.51. The number of aryl methyl sites for hydroxylation is 2. The number of nitrogens with zero attached hydrogens (tertiary/aromatic N) is 3. The fraction of sp³-hybridized carbons (Fsp3) is 0.118. The summed E-state index contributed by atoms with van der Waals surface area (Å²) in [5, 5.41) is 7.76. The molecule has 0 radical (unpaired) electrons. The van der Waals surface area contributed by atoms with E-state index in [1.165, 1.54) is 22.8 Å². The average Bonchev–Trinajstić information content (AvgIpc) is 2.98. The lowest BCUT2D eigenvalue weighted by Gasteiger charge is -2.11. The van der Waals surface area contributed by atoms with Crippen molar-refractivity contribution in [2.45, 2.75) is 13.0 Å². The van der Waals surface area contributed by atoms with Crippen molar-refractivity contribution >= 4 is 40.5 Å². The average molecular weight is 375 g/mol. The number of aromatic amines is 1. The number of H-pyrrole nitrogens is 1. The van der Waals surface area contributed by atoms with Gasteiger partial charge in [0.2, 0.25) is 10.5 Å². The molecule has 4 aromatic rings. The summed E-state index contributed by atoms with van der Waals surface area (Å²) in [4.78, 5) is 12.9. The highest BCUT2D eigenvalue weighted by Gasteiger charge is 2.14. The van der Waals surface area contributed by atoms with Gasteiger partial charge in [0, 0.05) is 11.6 Å². The quantitative estimate of drug-likeness (QED) is 0.556. The van der Waals surface area contributed by atoms with E-state index in [2.05, 4.69) is 10.2 Å². The second kappa shape index (κ2) is 6.09. The summed E-state index contributed by atoms with van der Waals surface area (Å²) in [5.41, 5.74) is 1.12. The van der Waals surface area contributed by atoms with Crippen LogP contribution in [0.1, 0.15) is 5.56 Å². The molecule has 0 unspecified atom stereocenters. The van der Waals surface area contributed by atoms with Crippen LogP contribution in [-0.2, 0) is 13.0 Å². The van der Waals surface area contributed by atoms with Gasteiger partial charge in [-0.2, -0.15) is 0 Å². The highest BCUT2D eigenvalue weighted by Crippen LogP contribution is 2.18. The molecule has 0 bridgehead atoms. The van der Waals surface area contributed by atoms with E-state index in [9.17, 15) is 9.18 Å². The van der Waals surface area contributed by atoms with Crippen LogP contribution in [0.15, 0.2) is 47.3 Å². The van der Waals surface area contributed by atoms with Crippen LogP contribution in [0.4, 0.5) is 4.39 Å². The first kappa shape index (κ1) is 16.0. The minimum Gasteiger partial charge on any atom is -0.276 e. The number of nitrogens with one attached hydrogen (secondary N) is 1. The van der Waals surface area contributed by atoms with Gasteiger partial charge in [0.05, 0.1) is 10.9 Å². The Morgan fingerprint density at radius 2 is 2.04 bits per heavy atom. The number of benzene rings is 2. The van der Waals surface area contributed by atoms with Gasteiger partial charge >= 0.3 is 0 Å². The van der Waals surface area contributed by atoms with Gasteiger partial charge in [-0.15, -0.1) is 5.10 Å². The lowest BCUT2D eigenvalue weighted by Crippen LogP contribution is -2.24. The van der Waals surface area contributed by atoms with Crippen molar-refractivity contribution < 1.29 is 4.39 Å². The van der Waals surface area contributed by atoms with Crippen molar-refractivity contribution in [3.63, 3.8) is 0 Å². The maximum atomic E-state index is 13.7. The molecule has 0 aliphatic carbocycles. The summed E-state index contributed by atoms with van der Waals surface area (Å²) >= 11 is 11.5. The van der Waals surface area contributed by atoms with Crippen LogP contribution in [0.25, 0.3) is 16.7 Å². The summed E-state index contributed by atoms with van der Waals surface area (Å²) < 4.78 is 17.1. The van der Waals surface area contributed by atoms with Crippen molar-refractivity contribution in [1.29, 1.82) is 0 Å². The molecule has 4 rings (SSSR count). The van der Waals surface area contributed by atoms with Gasteiger partial charge in [0.15, 0.2) is 0 Å². The zero-order valence-corrected chi connectivity index (χ0v) is 14.4. The zero-order chi connectivity index (χ0) is 17.6. The van der Waals surface area contributed by atoms with Crippen LogP contribution in [0.3, 0.4) is 0 Å². The normalized spacial score (nSPS) is 11.4. The molecular formula is C17H12ClFN4OS.